The number of thiol groups is 1. The fourth-order valence-corrected chi connectivity index (χ4v) is 0.813. The molecule has 0 fully saturated rings. The molecular formula is C7H11N3S. The van der Waals surface area contributed by atoms with Gasteiger partial charge >= 0.3 is 0 Å². The second kappa shape index (κ2) is 3.69. The molecule has 11 heavy (non-hydrogen) atoms. The molecule has 4 heteroatoms. The monoisotopic (exact) mass is 169 g/mol. The molecule has 3 nitrogen and oxygen atoms in total. The molecule has 0 saturated carbocycles. The first-order chi connectivity index (χ1) is 5.24. The normalized spacial score (nSPS) is 13.0. The van der Waals surface area contributed by atoms with Crippen LogP contribution < -0.4 is 5.73 Å². The van der Waals surface area contributed by atoms with E-state index in [1.54, 1.807) is 12.4 Å². The number of aromatic nitrogens is 2. The number of rotatable bonds is 2. The molecule has 1 atom stereocenters. The van der Waals surface area contributed by atoms with Gasteiger partial charge in [-0.2, -0.15) is 12.6 Å². The summed E-state index contributed by atoms with van der Waals surface area (Å²) in [7, 11) is 0. The molecule has 0 aliphatic rings. The standard InChI is InChI=1S/C7H11N3S/c1-5-3-9-7(10-4-5)6(11)2-8/h3-4,6,11H,2,8H2,1H3. The van der Waals surface area contributed by atoms with E-state index in [9.17, 15) is 0 Å². The molecule has 0 radical (unpaired) electrons. The Morgan fingerprint density at radius 3 is 2.55 bits per heavy atom. The highest BCUT2D eigenvalue weighted by Crippen LogP contribution is 2.12. The molecule has 2 N–H and O–H groups in total. The lowest BCUT2D eigenvalue weighted by Crippen LogP contribution is -2.10. The van der Waals surface area contributed by atoms with E-state index in [0.717, 1.165) is 5.56 Å². The van der Waals surface area contributed by atoms with Crippen molar-refractivity contribution in [2.45, 2.75) is 12.2 Å². The summed E-state index contributed by atoms with van der Waals surface area (Å²) >= 11 is 4.20. The topological polar surface area (TPSA) is 51.8 Å². The maximum Gasteiger partial charge on any atom is 0.142 e. The van der Waals surface area contributed by atoms with Gasteiger partial charge in [0.1, 0.15) is 5.82 Å². The lowest BCUT2D eigenvalue weighted by Gasteiger charge is -2.04. The molecule has 0 amide bonds. The minimum atomic E-state index is -0.0457. The summed E-state index contributed by atoms with van der Waals surface area (Å²) in [5, 5.41) is -0.0457. The molecule has 1 heterocycles. The fraction of sp³-hybridized carbons (Fsp3) is 0.429. The highest BCUT2D eigenvalue weighted by Gasteiger charge is 2.05. The van der Waals surface area contributed by atoms with E-state index in [1.807, 2.05) is 6.92 Å². The molecule has 0 aliphatic carbocycles. The van der Waals surface area contributed by atoms with Crippen LogP contribution in [0.4, 0.5) is 0 Å². The Bertz CT molecular complexity index is 222. The molecule has 0 aliphatic heterocycles. The predicted octanol–water partition coefficient (Wildman–Crippen LogP) is 0.715. The van der Waals surface area contributed by atoms with E-state index >= 15 is 0 Å². The molecule has 0 bridgehead atoms. The summed E-state index contributed by atoms with van der Waals surface area (Å²) in [4.78, 5) is 8.16. The summed E-state index contributed by atoms with van der Waals surface area (Å²) in [6, 6.07) is 0. The van der Waals surface area contributed by atoms with Crippen LogP contribution in [0.1, 0.15) is 16.6 Å². The predicted molar refractivity (Wildman–Crippen MR) is 47.6 cm³/mol. The van der Waals surface area contributed by atoms with Gasteiger partial charge in [-0.1, -0.05) is 0 Å². The van der Waals surface area contributed by atoms with Crippen molar-refractivity contribution >= 4 is 12.6 Å². The summed E-state index contributed by atoms with van der Waals surface area (Å²) in [5.41, 5.74) is 6.43. The highest BCUT2D eigenvalue weighted by atomic mass is 32.1. The van der Waals surface area contributed by atoms with Gasteiger partial charge < -0.3 is 5.73 Å². The maximum absolute atomic E-state index is 5.39. The van der Waals surface area contributed by atoms with E-state index in [0.29, 0.717) is 12.4 Å². The van der Waals surface area contributed by atoms with Gasteiger partial charge in [0.25, 0.3) is 0 Å². The van der Waals surface area contributed by atoms with Gasteiger partial charge in [-0.15, -0.1) is 0 Å². The van der Waals surface area contributed by atoms with E-state index in [1.165, 1.54) is 0 Å². The van der Waals surface area contributed by atoms with E-state index in [4.69, 9.17) is 5.73 Å². The van der Waals surface area contributed by atoms with Crippen molar-refractivity contribution in [1.29, 1.82) is 0 Å². The minimum Gasteiger partial charge on any atom is -0.329 e. The van der Waals surface area contributed by atoms with Crippen LogP contribution in [0.2, 0.25) is 0 Å². The first-order valence-corrected chi connectivity index (χ1v) is 3.92. The highest BCUT2D eigenvalue weighted by molar-refractivity contribution is 7.80. The Hall–Kier alpha value is -0.610. The average molecular weight is 169 g/mol. The number of aryl methyl sites for hydroxylation is 1. The van der Waals surface area contributed by atoms with Crippen molar-refractivity contribution in [3.05, 3.63) is 23.8 Å². The molecule has 1 unspecified atom stereocenters. The Balaban J connectivity index is 2.81. The summed E-state index contributed by atoms with van der Waals surface area (Å²) in [6.45, 7) is 2.41. The van der Waals surface area contributed by atoms with Crippen LogP contribution >= 0.6 is 12.6 Å². The zero-order valence-electron chi connectivity index (χ0n) is 6.36. The Morgan fingerprint density at radius 1 is 1.55 bits per heavy atom. The third-order valence-electron chi connectivity index (χ3n) is 1.32. The molecule has 1 aromatic heterocycles. The second-order valence-corrected chi connectivity index (χ2v) is 2.99. The summed E-state index contributed by atoms with van der Waals surface area (Å²) < 4.78 is 0. The van der Waals surface area contributed by atoms with Crippen molar-refractivity contribution < 1.29 is 0 Å². The van der Waals surface area contributed by atoms with Crippen LogP contribution in [-0.2, 0) is 0 Å². The third kappa shape index (κ3) is 2.17. The summed E-state index contributed by atoms with van der Waals surface area (Å²) in [5.74, 6) is 0.696. The number of hydrogen-bond acceptors (Lipinski definition) is 4. The van der Waals surface area contributed by atoms with Crippen molar-refractivity contribution in [2.24, 2.45) is 5.73 Å². The molecular weight excluding hydrogens is 158 g/mol. The van der Waals surface area contributed by atoms with E-state index < -0.39 is 0 Å². The van der Waals surface area contributed by atoms with Gasteiger partial charge in [-0.05, 0) is 12.5 Å². The number of nitrogens with two attached hydrogens (primary N) is 1. The van der Waals surface area contributed by atoms with Crippen molar-refractivity contribution in [2.75, 3.05) is 6.54 Å². The molecule has 0 spiro atoms. The largest absolute Gasteiger partial charge is 0.329 e. The first kappa shape index (κ1) is 8.49. The van der Waals surface area contributed by atoms with Gasteiger partial charge in [0, 0.05) is 18.9 Å². The minimum absolute atomic E-state index is 0.0457. The zero-order chi connectivity index (χ0) is 8.27. The van der Waals surface area contributed by atoms with Crippen LogP contribution in [-0.4, -0.2) is 16.5 Å². The van der Waals surface area contributed by atoms with Crippen molar-refractivity contribution in [3.8, 4) is 0 Å². The lowest BCUT2D eigenvalue weighted by atomic mass is 10.3. The Kier molecular flexibility index (Phi) is 2.84. The average Bonchev–Trinajstić information content (AvgIpc) is 2.05. The molecule has 1 aromatic rings. The van der Waals surface area contributed by atoms with Gasteiger partial charge in [-0.3, -0.25) is 0 Å². The van der Waals surface area contributed by atoms with Crippen LogP contribution in [0.3, 0.4) is 0 Å². The number of hydrogen-bond donors (Lipinski definition) is 2. The summed E-state index contributed by atoms with van der Waals surface area (Å²) in [6.07, 6.45) is 3.53. The quantitative estimate of drug-likeness (QED) is 0.641. The SMILES string of the molecule is Cc1cnc(C(S)CN)nc1. The lowest BCUT2D eigenvalue weighted by molar-refractivity contribution is 0.847. The van der Waals surface area contributed by atoms with Crippen LogP contribution in [0, 0.1) is 6.92 Å². The van der Waals surface area contributed by atoms with E-state index in [-0.39, 0.29) is 5.25 Å². The van der Waals surface area contributed by atoms with Crippen LogP contribution in [0.5, 0.6) is 0 Å². The maximum atomic E-state index is 5.39. The fourth-order valence-electron chi connectivity index (χ4n) is 0.680. The number of nitrogens with zero attached hydrogens (tertiary/aromatic N) is 2. The molecule has 0 saturated heterocycles. The Morgan fingerprint density at radius 2 is 2.09 bits per heavy atom. The van der Waals surface area contributed by atoms with Crippen molar-refractivity contribution in [1.82, 2.24) is 9.97 Å². The molecule has 60 valence electrons. The van der Waals surface area contributed by atoms with E-state index in [2.05, 4.69) is 22.6 Å². The van der Waals surface area contributed by atoms with Gasteiger partial charge in [0.05, 0.1) is 5.25 Å². The molecule has 0 aromatic carbocycles. The molecule has 1 rings (SSSR count). The smallest absolute Gasteiger partial charge is 0.142 e. The second-order valence-electron chi connectivity index (χ2n) is 2.37. The zero-order valence-corrected chi connectivity index (χ0v) is 7.25. The van der Waals surface area contributed by atoms with Gasteiger partial charge in [0.15, 0.2) is 0 Å². The van der Waals surface area contributed by atoms with Crippen LogP contribution in [0.25, 0.3) is 0 Å². The third-order valence-corrected chi connectivity index (χ3v) is 1.76. The Labute approximate surface area is 71.5 Å². The van der Waals surface area contributed by atoms with Crippen molar-refractivity contribution in [3.63, 3.8) is 0 Å². The van der Waals surface area contributed by atoms with Crippen LogP contribution in [0.15, 0.2) is 12.4 Å². The first-order valence-electron chi connectivity index (χ1n) is 3.40. The van der Waals surface area contributed by atoms with Gasteiger partial charge in [0.2, 0.25) is 0 Å². The van der Waals surface area contributed by atoms with Gasteiger partial charge in [-0.25, -0.2) is 9.97 Å².